The third kappa shape index (κ3) is 5.64. The molecule has 0 atom stereocenters. The molecule has 2 aliphatic rings. The number of fused-ring (bicyclic) bond motifs is 10. The summed E-state index contributed by atoms with van der Waals surface area (Å²) >= 11 is 0. The van der Waals surface area contributed by atoms with Crippen molar-refractivity contribution < 1.29 is 0 Å². The van der Waals surface area contributed by atoms with E-state index in [1.165, 1.54) is 72.3 Å². The predicted molar refractivity (Wildman–Crippen MR) is 251 cm³/mol. The molecule has 0 N–H and O–H groups in total. The molecule has 284 valence electrons. The molecule has 0 bridgehead atoms. The minimum absolute atomic E-state index is 0.366. The molecule has 10 aromatic rings. The van der Waals surface area contributed by atoms with E-state index in [9.17, 15) is 0 Å². The first-order valence-electron chi connectivity index (χ1n) is 21.0. The maximum atomic E-state index is 5.15. The highest BCUT2D eigenvalue weighted by molar-refractivity contribution is 5.96. The van der Waals surface area contributed by atoms with Crippen LogP contribution in [0.25, 0.3) is 89.5 Å². The quantitative estimate of drug-likeness (QED) is 0.168. The van der Waals surface area contributed by atoms with E-state index in [2.05, 4.69) is 218 Å². The lowest BCUT2D eigenvalue weighted by Crippen LogP contribution is -2.25. The van der Waals surface area contributed by atoms with Crippen LogP contribution in [-0.4, -0.2) is 9.97 Å². The summed E-state index contributed by atoms with van der Waals surface area (Å²) in [6, 6.07) is 83.4. The topological polar surface area (TPSA) is 25.8 Å². The van der Waals surface area contributed by atoms with Gasteiger partial charge in [0.15, 0.2) is 5.82 Å². The molecule has 0 saturated carbocycles. The average molecular weight is 775 g/mol. The first-order chi connectivity index (χ1) is 30.2. The lowest BCUT2D eigenvalue weighted by Gasteiger charge is -2.30. The molecule has 0 amide bonds. The summed E-state index contributed by atoms with van der Waals surface area (Å²) in [7, 11) is 0. The number of hydrogen-bond acceptors (Lipinski definition) is 2. The number of hydrogen-bond donors (Lipinski definition) is 0. The number of benzene rings is 9. The van der Waals surface area contributed by atoms with Crippen LogP contribution in [0.3, 0.4) is 0 Å². The number of aromatic nitrogens is 2. The van der Waals surface area contributed by atoms with Gasteiger partial charge in [0.1, 0.15) is 0 Å². The van der Waals surface area contributed by atoms with Crippen LogP contribution in [-0.2, 0) is 5.41 Å². The SMILES string of the molecule is c1ccc(-c2ccc(-c3nc(-c4ccccc4)cc(-c4ccc(-c5cccc(-c6ccc7c(c6)C6(c8ccccc8-c8ccccc86)c6ccccc6-7)c5)cc4)n3)cc2)cc1. The van der Waals surface area contributed by atoms with Crippen molar-refractivity contribution in [3.8, 4) is 89.5 Å². The van der Waals surface area contributed by atoms with Crippen molar-refractivity contribution in [3.63, 3.8) is 0 Å². The van der Waals surface area contributed by atoms with Crippen LogP contribution < -0.4 is 0 Å². The van der Waals surface area contributed by atoms with E-state index in [-0.39, 0.29) is 5.41 Å². The Labute approximate surface area is 356 Å². The van der Waals surface area contributed by atoms with Crippen molar-refractivity contribution in [2.24, 2.45) is 0 Å². The molecule has 2 heteroatoms. The van der Waals surface area contributed by atoms with Crippen LogP contribution in [0.1, 0.15) is 22.3 Å². The van der Waals surface area contributed by atoms with E-state index in [1.54, 1.807) is 0 Å². The van der Waals surface area contributed by atoms with Gasteiger partial charge in [-0.3, -0.25) is 0 Å². The zero-order valence-electron chi connectivity index (χ0n) is 33.3. The van der Waals surface area contributed by atoms with E-state index < -0.39 is 0 Å². The maximum absolute atomic E-state index is 5.15. The Morgan fingerprint density at radius 3 is 1.16 bits per heavy atom. The minimum Gasteiger partial charge on any atom is -0.228 e. The van der Waals surface area contributed by atoms with Crippen LogP contribution in [0, 0.1) is 0 Å². The summed E-state index contributed by atoms with van der Waals surface area (Å²) in [4.78, 5) is 10.2. The molecule has 0 unspecified atom stereocenters. The van der Waals surface area contributed by atoms with Crippen molar-refractivity contribution in [2.45, 2.75) is 5.41 Å². The van der Waals surface area contributed by atoms with E-state index in [4.69, 9.17) is 9.97 Å². The molecule has 61 heavy (non-hydrogen) atoms. The van der Waals surface area contributed by atoms with E-state index in [0.717, 1.165) is 33.6 Å². The van der Waals surface area contributed by atoms with Crippen molar-refractivity contribution in [3.05, 3.63) is 253 Å². The average Bonchev–Trinajstić information content (AvgIpc) is 3.82. The molecule has 0 aliphatic heterocycles. The van der Waals surface area contributed by atoms with Gasteiger partial charge in [0, 0.05) is 16.7 Å². The van der Waals surface area contributed by atoms with Gasteiger partial charge in [0.2, 0.25) is 0 Å². The third-order valence-corrected chi connectivity index (χ3v) is 12.8. The van der Waals surface area contributed by atoms with Crippen molar-refractivity contribution in [1.29, 1.82) is 0 Å². The van der Waals surface area contributed by atoms with Crippen LogP contribution in [0.15, 0.2) is 231 Å². The molecular weight excluding hydrogens is 737 g/mol. The Kier molecular flexibility index (Phi) is 8.11. The summed E-state index contributed by atoms with van der Waals surface area (Å²) in [6.07, 6.45) is 0. The van der Waals surface area contributed by atoms with Gasteiger partial charge in [-0.2, -0.15) is 0 Å². The van der Waals surface area contributed by atoms with Gasteiger partial charge in [-0.15, -0.1) is 0 Å². The Morgan fingerprint density at radius 1 is 0.230 bits per heavy atom. The molecule has 0 fully saturated rings. The zero-order valence-corrected chi connectivity index (χ0v) is 33.3. The van der Waals surface area contributed by atoms with Gasteiger partial charge in [-0.05, 0) is 96.1 Å². The molecular formula is C59H38N2. The molecule has 1 aromatic heterocycles. The predicted octanol–water partition coefficient (Wildman–Crippen LogP) is 14.8. The molecule has 1 spiro atoms. The van der Waals surface area contributed by atoms with Crippen LogP contribution >= 0.6 is 0 Å². The molecule has 9 aromatic carbocycles. The Bertz CT molecular complexity index is 3210. The Morgan fingerprint density at radius 2 is 0.590 bits per heavy atom. The van der Waals surface area contributed by atoms with Gasteiger partial charge in [-0.25, -0.2) is 9.97 Å². The van der Waals surface area contributed by atoms with Crippen molar-refractivity contribution in [1.82, 2.24) is 9.97 Å². The first-order valence-corrected chi connectivity index (χ1v) is 21.0. The van der Waals surface area contributed by atoms with Gasteiger partial charge < -0.3 is 0 Å². The second kappa shape index (κ2) is 14.1. The highest BCUT2D eigenvalue weighted by Crippen LogP contribution is 2.63. The van der Waals surface area contributed by atoms with Gasteiger partial charge in [-0.1, -0.05) is 212 Å². The molecule has 12 rings (SSSR count). The largest absolute Gasteiger partial charge is 0.228 e. The Hall–Kier alpha value is -7.94. The monoisotopic (exact) mass is 774 g/mol. The molecule has 1 heterocycles. The van der Waals surface area contributed by atoms with Crippen LogP contribution in [0.2, 0.25) is 0 Å². The Balaban J connectivity index is 0.907. The number of nitrogens with zero attached hydrogens (tertiary/aromatic N) is 2. The fourth-order valence-electron chi connectivity index (χ4n) is 9.91. The first kappa shape index (κ1) is 35.0. The summed E-state index contributed by atoms with van der Waals surface area (Å²) in [6.45, 7) is 0. The second-order valence-electron chi connectivity index (χ2n) is 16.1. The number of rotatable bonds is 6. The van der Waals surface area contributed by atoms with Crippen LogP contribution in [0.5, 0.6) is 0 Å². The smallest absolute Gasteiger partial charge is 0.160 e. The van der Waals surface area contributed by atoms with Crippen LogP contribution in [0.4, 0.5) is 0 Å². The fourth-order valence-corrected chi connectivity index (χ4v) is 9.91. The fraction of sp³-hybridized carbons (Fsp3) is 0.0169. The third-order valence-electron chi connectivity index (χ3n) is 12.8. The summed E-state index contributed by atoms with van der Waals surface area (Å²) < 4.78 is 0. The molecule has 0 saturated heterocycles. The van der Waals surface area contributed by atoms with E-state index >= 15 is 0 Å². The summed E-state index contributed by atoms with van der Waals surface area (Å²) in [5.74, 6) is 0.705. The second-order valence-corrected chi connectivity index (χ2v) is 16.1. The van der Waals surface area contributed by atoms with E-state index in [1.807, 2.05) is 12.1 Å². The highest BCUT2D eigenvalue weighted by Gasteiger charge is 2.51. The zero-order chi connectivity index (χ0) is 40.3. The van der Waals surface area contributed by atoms with E-state index in [0.29, 0.717) is 5.82 Å². The van der Waals surface area contributed by atoms with Gasteiger partial charge in [0.25, 0.3) is 0 Å². The molecule has 0 radical (unpaired) electrons. The molecule has 2 aliphatic carbocycles. The lowest BCUT2D eigenvalue weighted by atomic mass is 9.70. The summed E-state index contributed by atoms with van der Waals surface area (Å²) in [5.41, 5.74) is 22.3. The standard InChI is InChI=1S/C59H38N2/c1-3-14-39(15-4-1)40-28-32-44(33-29-40)58-60-56(42-16-5-2-6-17-42)38-57(61-58)43-30-26-41(27-31-43)45-18-13-19-46(36-45)47-34-35-51-50-22-9-12-25-54(50)59(55(51)37-47)52-23-10-7-20-48(52)49-21-8-11-24-53(49)59/h1-38H. The van der Waals surface area contributed by atoms with Gasteiger partial charge >= 0.3 is 0 Å². The van der Waals surface area contributed by atoms with Gasteiger partial charge in [0.05, 0.1) is 16.8 Å². The summed E-state index contributed by atoms with van der Waals surface area (Å²) in [5, 5.41) is 0. The maximum Gasteiger partial charge on any atom is 0.160 e. The molecule has 2 nitrogen and oxygen atoms in total. The normalized spacial score (nSPS) is 12.7. The van der Waals surface area contributed by atoms with Crippen molar-refractivity contribution >= 4 is 0 Å². The highest BCUT2D eigenvalue weighted by atomic mass is 14.9. The minimum atomic E-state index is -0.366. The lowest BCUT2D eigenvalue weighted by molar-refractivity contribution is 0.794. The van der Waals surface area contributed by atoms with Crippen molar-refractivity contribution in [2.75, 3.05) is 0 Å².